The second kappa shape index (κ2) is 13.7. The molecule has 0 heterocycles. The van der Waals surface area contributed by atoms with Gasteiger partial charge in [-0.1, -0.05) is 88.9 Å². The number of hydrogen-bond donors (Lipinski definition) is 1. The molecule has 0 aliphatic heterocycles. The minimum Gasteiger partial charge on any atom is -0.355 e. The molecule has 3 rings (SSSR count). The highest BCUT2D eigenvalue weighted by Gasteiger charge is 2.31. The highest BCUT2D eigenvalue weighted by atomic mass is 35.5. The fraction of sp³-hybridized carbons (Fsp3) is 0.310. The van der Waals surface area contributed by atoms with Crippen LogP contribution in [0.15, 0.2) is 66.7 Å². The molecule has 1 N–H and O–H groups in total. The third-order valence-electron chi connectivity index (χ3n) is 5.79. The number of carbonyl (C=O) groups excluding carboxylic acids is 2. The number of benzene rings is 3. The van der Waals surface area contributed by atoms with Crippen molar-refractivity contribution in [2.75, 3.05) is 12.3 Å². The first kappa shape index (κ1) is 28.1. The van der Waals surface area contributed by atoms with E-state index in [9.17, 15) is 9.59 Å². The van der Waals surface area contributed by atoms with Crippen molar-refractivity contribution in [1.29, 1.82) is 0 Å². The molecule has 1 unspecified atom stereocenters. The van der Waals surface area contributed by atoms with Gasteiger partial charge in [0, 0.05) is 40.9 Å². The molecular formula is C29H32Cl2N2O2S. The molecule has 190 valence electrons. The Kier molecular flexibility index (Phi) is 10.7. The summed E-state index contributed by atoms with van der Waals surface area (Å²) in [6, 6.07) is 20.7. The molecular weight excluding hydrogens is 511 g/mol. The molecule has 0 fully saturated rings. The summed E-state index contributed by atoms with van der Waals surface area (Å²) in [5, 5.41) is 3.84. The van der Waals surface area contributed by atoms with Crippen molar-refractivity contribution in [2.24, 2.45) is 0 Å². The van der Waals surface area contributed by atoms with Gasteiger partial charge in [0.05, 0.1) is 5.75 Å². The summed E-state index contributed by atoms with van der Waals surface area (Å²) in [6.07, 6.45) is 0.391. The van der Waals surface area contributed by atoms with Gasteiger partial charge in [0.1, 0.15) is 6.04 Å². The van der Waals surface area contributed by atoms with Crippen LogP contribution in [0.5, 0.6) is 0 Å². The van der Waals surface area contributed by atoms with E-state index in [2.05, 4.69) is 37.4 Å². The smallest absolute Gasteiger partial charge is 0.243 e. The molecule has 1 atom stereocenters. The molecule has 3 aromatic carbocycles. The van der Waals surface area contributed by atoms with Crippen LogP contribution in [0.3, 0.4) is 0 Å². The van der Waals surface area contributed by atoms with Crippen LogP contribution in [0.1, 0.15) is 34.7 Å². The molecule has 0 saturated carbocycles. The average Bonchev–Trinajstić information content (AvgIpc) is 2.83. The molecule has 4 nitrogen and oxygen atoms in total. The lowest BCUT2D eigenvalue weighted by molar-refractivity contribution is -0.139. The van der Waals surface area contributed by atoms with Gasteiger partial charge in [-0.3, -0.25) is 9.59 Å². The number of hydrogen-bond acceptors (Lipinski definition) is 3. The minimum absolute atomic E-state index is 0.132. The van der Waals surface area contributed by atoms with E-state index in [0.717, 1.165) is 5.56 Å². The summed E-state index contributed by atoms with van der Waals surface area (Å²) < 4.78 is 0. The molecule has 7 heteroatoms. The van der Waals surface area contributed by atoms with Crippen LogP contribution >= 0.6 is 35.0 Å². The van der Waals surface area contributed by atoms with Gasteiger partial charge >= 0.3 is 0 Å². The van der Waals surface area contributed by atoms with Crippen LogP contribution < -0.4 is 5.32 Å². The van der Waals surface area contributed by atoms with Gasteiger partial charge in [0.2, 0.25) is 11.8 Å². The van der Waals surface area contributed by atoms with Crippen molar-refractivity contribution in [2.45, 2.75) is 45.5 Å². The molecule has 0 aliphatic carbocycles. The zero-order valence-corrected chi connectivity index (χ0v) is 23.2. The number of likely N-dealkylation sites (N-methyl/N-ethyl adjacent to an activating group) is 1. The van der Waals surface area contributed by atoms with Crippen LogP contribution in [0.2, 0.25) is 10.0 Å². The third kappa shape index (κ3) is 8.02. The molecule has 0 spiro atoms. The summed E-state index contributed by atoms with van der Waals surface area (Å²) in [6.45, 7) is 6.63. The molecule has 0 aliphatic rings. The van der Waals surface area contributed by atoms with Crippen molar-refractivity contribution < 1.29 is 9.59 Å². The van der Waals surface area contributed by atoms with Gasteiger partial charge in [0.25, 0.3) is 0 Å². The van der Waals surface area contributed by atoms with Crippen LogP contribution in [0.25, 0.3) is 0 Å². The topological polar surface area (TPSA) is 49.4 Å². The van der Waals surface area contributed by atoms with Crippen molar-refractivity contribution in [3.8, 4) is 0 Å². The molecule has 0 aromatic heterocycles. The van der Waals surface area contributed by atoms with Crippen molar-refractivity contribution >= 4 is 46.8 Å². The quantitative estimate of drug-likeness (QED) is 0.296. The molecule has 0 radical (unpaired) electrons. The first-order chi connectivity index (χ1) is 17.3. The number of halogens is 2. The zero-order chi connectivity index (χ0) is 26.1. The summed E-state index contributed by atoms with van der Waals surface area (Å²) in [5.74, 6) is 0.615. The van der Waals surface area contributed by atoms with Gasteiger partial charge in [-0.15, -0.1) is 11.8 Å². The summed E-state index contributed by atoms with van der Waals surface area (Å²) >= 11 is 14.5. The molecule has 36 heavy (non-hydrogen) atoms. The normalized spacial score (nSPS) is 11.7. The lowest BCUT2D eigenvalue weighted by Crippen LogP contribution is -2.51. The Labute approximate surface area is 228 Å². The van der Waals surface area contributed by atoms with E-state index >= 15 is 0 Å². The summed E-state index contributed by atoms with van der Waals surface area (Å²) in [7, 11) is 0. The monoisotopic (exact) mass is 542 g/mol. The number of thioether (sulfide) groups is 1. The number of carbonyl (C=O) groups is 2. The van der Waals surface area contributed by atoms with Crippen LogP contribution in [0, 0.1) is 13.8 Å². The third-order valence-corrected chi connectivity index (χ3v) is 7.48. The van der Waals surface area contributed by atoms with Gasteiger partial charge in [0.15, 0.2) is 0 Å². The number of nitrogens with zero attached hydrogens (tertiary/aromatic N) is 1. The Morgan fingerprint density at radius 3 is 2.17 bits per heavy atom. The Morgan fingerprint density at radius 1 is 0.917 bits per heavy atom. The largest absolute Gasteiger partial charge is 0.355 e. The van der Waals surface area contributed by atoms with E-state index in [1.807, 2.05) is 37.3 Å². The van der Waals surface area contributed by atoms with Gasteiger partial charge < -0.3 is 10.2 Å². The molecule has 2 amide bonds. The van der Waals surface area contributed by atoms with E-state index < -0.39 is 6.04 Å². The standard InChI is InChI=1S/C29H32Cl2N2O2S/c1-4-32-29(35)27(16-22-9-6-5-7-10-22)33(17-24-25(30)11-8-12-26(24)31)28(34)19-36-18-23-14-20(2)13-21(3)15-23/h5-15,27H,4,16-19H2,1-3H3,(H,32,35). The van der Waals surface area contributed by atoms with Gasteiger partial charge in [-0.2, -0.15) is 0 Å². The van der Waals surface area contributed by atoms with E-state index in [1.165, 1.54) is 28.5 Å². The Morgan fingerprint density at radius 2 is 1.56 bits per heavy atom. The highest BCUT2D eigenvalue weighted by molar-refractivity contribution is 7.99. The van der Waals surface area contributed by atoms with Crippen molar-refractivity contribution in [1.82, 2.24) is 10.2 Å². The van der Waals surface area contributed by atoms with Crippen LogP contribution in [0.4, 0.5) is 0 Å². The van der Waals surface area contributed by atoms with E-state index in [1.54, 1.807) is 23.1 Å². The molecule has 0 bridgehead atoms. The lowest BCUT2D eigenvalue weighted by Gasteiger charge is -2.32. The van der Waals surface area contributed by atoms with Gasteiger partial charge in [-0.25, -0.2) is 0 Å². The van der Waals surface area contributed by atoms with E-state index in [4.69, 9.17) is 23.2 Å². The Hall–Kier alpha value is -2.47. The first-order valence-corrected chi connectivity index (χ1v) is 13.9. The SMILES string of the molecule is CCNC(=O)C(Cc1ccccc1)N(Cc1c(Cl)cccc1Cl)C(=O)CSCc1cc(C)cc(C)c1. The Balaban J connectivity index is 1.88. The fourth-order valence-electron chi connectivity index (χ4n) is 4.19. The number of rotatable bonds is 11. The number of amides is 2. The molecule has 0 saturated heterocycles. The average molecular weight is 544 g/mol. The second-order valence-corrected chi connectivity index (χ2v) is 10.6. The maximum absolute atomic E-state index is 13.7. The zero-order valence-electron chi connectivity index (χ0n) is 20.9. The number of nitrogens with one attached hydrogen (secondary N) is 1. The second-order valence-electron chi connectivity index (χ2n) is 8.81. The number of aryl methyl sites for hydroxylation is 2. The minimum atomic E-state index is -0.700. The van der Waals surface area contributed by atoms with Gasteiger partial charge in [-0.05, 0) is 44.0 Å². The first-order valence-electron chi connectivity index (χ1n) is 12.0. The maximum Gasteiger partial charge on any atom is 0.243 e. The predicted molar refractivity (Wildman–Crippen MR) is 152 cm³/mol. The lowest BCUT2D eigenvalue weighted by atomic mass is 10.0. The van der Waals surface area contributed by atoms with Crippen molar-refractivity contribution in [3.05, 3.63) is 105 Å². The fourth-order valence-corrected chi connectivity index (χ4v) is 5.55. The van der Waals surface area contributed by atoms with E-state index in [0.29, 0.717) is 34.3 Å². The maximum atomic E-state index is 13.7. The Bertz CT molecular complexity index is 1150. The van der Waals surface area contributed by atoms with E-state index in [-0.39, 0.29) is 24.1 Å². The van der Waals surface area contributed by atoms with Crippen LogP contribution in [-0.4, -0.2) is 35.1 Å². The van der Waals surface area contributed by atoms with Crippen molar-refractivity contribution in [3.63, 3.8) is 0 Å². The highest BCUT2D eigenvalue weighted by Crippen LogP contribution is 2.28. The summed E-state index contributed by atoms with van der Waals surface area (Å²) in [5.41, 5.74) is 5.18. The molecule has 3 aromatic rings. The predicted octanol–water partition coefficient (Wildman–Crippen LogP) is 6.62. The van der Waals surface area contributed by atoms with Crippen LogP contribution in [-0.2, 0) is 28.3 Å². The summed E-state index contributed by atoms with van der Waals surface area (Å²) in [4.78, 5) is 28.5.